The lowest BCUT2D eigenvalue weighted by Gasteiger charge is -2.36. The van der Waals surface area contributed by atoms with Crippen LogP contribution in [0.3, 0.4) is 0 Å². The van der Waals surface area contributed by atoms with Crippen molar-refractivity contribution in [2.75, 3.05) is 60.6 Å². The van der Waals surface area contributed by atoms with Crippen LogP contribution in [-0.4, -0.2) is 86.1 Å². The molecule has 9 nitrogen and oxygen atoms in total. The Morgan fingerprint density at radius 2 is 1.73 bits per heavy atom. The first-order chi connectivity index (χ1) is 15.6. The number of nitrogens with one attached hydrogen (secondary N) is 1. The van der Waals surface area contributed by atoms with Crippen molar-refractivity contribution in [2.24, 2.45) is 4.99 Å². The number of aromatic nitrogens is 2. The number of hydrogen-bond donors (Lipinski definition) is 1. The largest absolute Gasteiger partial charge is 0.493 e. The molecule has 1 aliphatic heterocycles. The van der Waals surface area contributed by atoms with E-state index in [2.05, 4.69) is 34.1 Å². The highest BCUT2D eigenvalue weighted by atomic mass is 127. The molecule has 2 heterocycles. The summed E-state index contributed by atoms with van der Waals surface area (Å²) in [6, 6.07) is 4.05. The molecule has 0 amide bonds. The minimum Gasteiger partial charge on any atom is -0.493 e. The van der Waals surface area contributed by atoms with Crippen LogP contribution in [0.15, 0.2) is 29.5 Å². The van der Waals surface area contributed by atoms with E-state index in [4.69, 9.17) is 19.2 Å². The minimum absolute atomic E-state index is 0. The highest BCUT2D eigenvalue weighted by Crippen LogP contribution is 2.38. The summed E-state index contributed by atoms with van der Waals surface area (Å²) in [5.41, 5.74) is 2.31. The number of halogens is 1. The average molecular weight is 572 g/mol. The fourth-order valence-corrected chi connectivity index (χ4v) is 3.88. The highest BCUT2D eigenvalue weighted by Gasteiger charge is 2.21. The van der Waals surface area contributed by atoms with Gasteiger partial charge in [-0.1, -0.05) is 0 Å². The quantitative estimate of drug-likeness (QED) is 0.281. The van der Waals surface area contributed by atoms with Gasteiger partial charge in [-0.15, -0.1) is 24.0 Å². The number of rotatable bonds is 9. The molecular formula is C23H37IN6O3. The molecule has 0 radical (unpaired) electrons. The standard InChI is InChI=1S/C23H36N6O3.HI/c1-6-24-23(25-7-8-29-16-18(2)15-26-29)28-11-9-27(10-12-28)17-19-13-20(30-3)22(32-5)21(14-19)31-4;/h13-16H,6-12,17H2,1-5H3,(H,24,25);1H. The maximum atomic E-state index is 5.49. The monoisotopic (exact) mass is 572 g/mol. The molecule has 0 saturated carbocycles. The van der Waals surface area contributed by atoms with E-state index in [1.807, 2.05) is 29.2 Å². The molecule has 0 atom stereocenters. The van der Waals surface area contributed by atoms with Crippen LogP contribution in [-0.2, 0) is 13.1 Å². The SMILES string of the molecule is CCNC(=NCCn1cc(C)cn1)N1CCN(Cc2cc(OC)c(OC)c(OC)c2)CC1.I. The molecule has 1 N–H and O–H groups in total. The lowest BCUT2D eigenvalue weighted by molar-refractivity contribution is 0.172. The Morgan fingerprint density at radius 3 is 2.24 bits per heavy atom. The van der Waals surface area contributed by atoms with E-state index in [-0.39, 0.29) is 24.0 Å². The van der Waals surface area contributed by atoms with Crippen molar-refractivity contribution in [1.29, 1.82) is 0 Å². The number of hydrogen-bond acceptors (Lipinski definition) is 6. The van der Waals surface area contributed by atoms with E-state index < -0.39 is 0 Å². The first-order valence-corrected chi connectivity index (χ1v) is 11.1. The van der Waals surface area contributed by atoms with Crippen LogP contribution in [0.2, 0.25) is 0 Å². The van der Waals surface area contributed by atoms with Gasteiger partial charge >= 0.3 is 0 Å². The topological polar surface area (TPSA) is 76.4 Å². The summed E-state index contributed by atoms with van der Waals surface area (Å²) in [6.45, 7) is 11.1. The van der Waals surface area contributed by atoms with Gasteiger partial charge in [0.2, 0.25) is 5.75 Å². The lowest BCUT2D eigenvalue weighted by Crippen LogP contribution is -2.52. The van der Waals surface area contributed by atoms with Crippen molar-refractivity contribution in [1.82, 2.24) is 24.9 Å². The maximum absolute atomic E-state index is 5.49. The molecule has 1 aromatic heterocycles. The summed E-state index contributed by atoms with van der Waals surface area (Å²) in [5, 5.41) is 7.77. The molecule has 2 aromatic rings. The predicted octanol–water partition coefficient (Wildman–Crippen LogP) is 2.62. The Kier molecular flexibility index (Phi) is 11.0. The van der Waals surface area contributed by atoms with Crippen molar-refractivity contribution in [3.63, 3.8) is 0 Å². The van der Waals surface area contributed by atoms with Gasteiger partial charge in [0.15, 0.2) is 17.5 Å². The van der Waals surface area contributed by atoms with Gasteiger partial charge in [0.1, 0.15) is 0 Å². The van der Waals surface area contributed by atoms with Crippen LogP contribution in [0.5, 0.6) is 17.2 Å². The van der Waals surface area contributed by atoms with Crippen molar-refractivity contribution in [2.45, 2.75) is 26.9 Å². The molecule has 1 aliphatic rings. The number of guanidine groups is 1. The second-order valence-corrected chi connectivity index (χ2v) is 7.81. The van der Waals surface area contributed by atoms with E-state index in [1.54, 1.807) is 21.3 Å². The van der Waals surface area contributed by atoms with E-state index in [9.17, 15) is 0 Å². The molecule has 1 aromatic carbocycles. The Balaban J connectivity index is 0.00000385. The zero-order valence-electron chi connectivity index (χ0n) is 20.3. The molecule has 0 bridgehead atoms. The fourth-order valence-electron chi connectivity index (χ4n) is 3.88. The molecule has 184 valence electrons. The molecule has 1 saturated heterocycles. The van der Waals surface area contributed by atoms with Gasteiger partial charge < -0.3 is 24.4 Å². The van der Waals surface area contributed by atoms with Crippen LogP contribution in [0, 0.1) is 6.92 Å². The zero-order chi connectivity index (χ0) is 22.9. The molecule has 0 spiro atoms. The molecule has 0 unspecified atom stereocenters. The van der Waals surface area contributed by atoms with Gasteiger partial charge in [-0.25, -0.2) is 0 Å². The zero-order valence-corrected chi connectivity index (χ0v) is 22.7. The highest BCUT2D eigenvalue weighted by molar-refractivity contribution is 14.0. The van der Waals surface area contributed by atoms with Crippen LogP contribution in [0.1, 0.15) is 18.1 Å². The number of benzene rings is 1. The second kappa shape index (κ2) is 13.5. The Hall–Kier alpha value is -2.21. The molecule has 3 rings (SSSR count). The number of methoxy groups -OCH3 is 3. The Labute approximate surface area is 214 Å². The van der Waals surface area contributed by atoms with Crippen LogP contribution < -0.4 is 19.5 Å². The van der Waals surface area contributed by atoms with E-state index in [0.717, 1.165) is 57.3 Å². The summed E-state index contributed by atoms with van der Waals surface area (Å²) in [5.74, 6) is 2.98. The predicted molar refractivity (Wildman–Crippen MR) is 141 cm³/mol. The van der Waals surface area contributed by atoms with Crippen molar-refractivity contribution < 1.29 is 14.2 Å². The third-order valence-corrected chi connectivity index (χ3v) is 5.49. The van der Waals surface area contributed by atoms with Crippen LogP contribution in [0.25, 0.3) is 0 Å². The van der Waals surface area contributed by atoms with Crippen molar-refractivity contribution in [3.8, 4) is 17.2 Å². The summed E-state index contributed by atoms with van der Waals surface area (Å²) in [4.78, 5) is 9.59. The smallest absolute Gasteiger partial charge is 0.203 e. The van der Waals surface area contributed by atoms with E-state index >= 15 is 0 Å². The summed E-state index contributed by atoms with van der Waals surface area (Å²) in [6.07, 6.45) is 3.92. The number of ether oxygens (including phenoxy) is 3. The first kappa shape index (κ1) is 27.0. The fraction of sp³-hybridized carbons (Fsp3) is 0.565. The van der Waals surface area contributed by atoms with Crippen LogP contribution >= 0.6 is 24.0 Å². The van der Waals surface area contributed by atoms with Crippen molar-refractivity contribution in [3.05, 3.63) is 35.7 Å². The lowest BCUT2D eigenvalue weighted by atomic mass is 10.1. The minimum atomic E-state index is 0. The molecular weight excluding hydrogens is 535 g/mol. The number of aliphatic imine (C=N–C) groups is 1. The normalized spacial score (nSPS) is 14.6. The van der Waals surface area contributed by atoms with E-state index in [0.29, 0.717) is 23.8 Å². The molecule has 1 fully saturated rings. The molecule has 0 aliphatic carbocycles. The van der Waals surface area contributed by atoms with Gasteiger partial charge in [0.05, 0.1) is 40.6 Å². The molecule has 33 heavy (non-hydrogen) atoms. The number of aryl methyl sites for hydroxylation is 1. The van der Waals surface area contributed by atoms with Crippen LogP contribution in [0.4, 0.5) is 0 Å². The van der Waals surface area contributed by atoms with Crippen molar-refractivity contribution >= 4 is 29.9 Å². The Bertz CT molecular complexity index is 871. The van der Waals surface area contributed by atoms with Gasteiger partial charge in [-0.2, -0.15) is 5.10 Å². The summed E-state index contributed by atoms with van der Waals surface area (Å²) >= 11 is 0. The van der Waals surface area contributed by atoms with Gasteiger partial charge in [-0.3, -0.25) is 14.6 Å². The van der Waals surface area contributed by atoms with E-state index in [1.165, 1.54) is 5.56 Å². The third-order valence-electron chi connectivity index (χ3n) is 5.49. The average Bonchev–Trinajstić information content (AvgIpc) is 3.23. The second-order valence-electron chi connectivity index (χ2n) is 7.81. The third kappa shape index (κ3) is 7.39. The van der Waals surface area contributed by atoms with Gasteiger partial charge in [0, 0.05) is 45.5 Å². The first-order valence-electron chi connectivity index (χ1n) is 11.1. The maximum Gasteiger partial charge on any atom is 0.203 e. The Morgan fingerprint density at radius 1 is 1.06 bits per heavy atom. The molecule has 10 heteroatoms. The van der Waals surface area contributed by atoms with Gasteiger partial charge in [0.25, 0.3) is 0 Å². The number of nitrogens with zero attached hydrogens (tertiary/aromatic N) is 5. The summed E-state index contributed by atoms with van der Waals surface area (Å²) < 4.78 is 18.4. The van der Waals surface area contributed by atoms with Gasteiger partial charge in [-0.05, 0) is 37.1 Å². The summed E-state index contributed by atoms with van der Waals surface area (Å²) in [7, 11) is 4.92. The number of piperazine rings is 1.